The fourth-order valence-electron chi connectivity index (χ4n) is 2.42. The molecule has 2 aromatic heterocycles. The fraction of sp³-hybridized carbons (Fsp3) is 0.188. The summed E-state index contributed by atoms with van der Waals surface area (Å²) in [5, 5.41) is 10.2. The average molecular weight is 341 g/mol. The summed E-state index contributed by atoms with van der Waals surface area (Å²) < 4.78 is 1.24. The van der Waals surface area contributed by atoms with Gasteiger partial charge in [-0.25, -0.2) is 9.89 Å². The number of fused-ring (bicyclic) bond motifs is 1. The van der Waals surface area contributed by atoms with Crippen molar-refractivity contribution in [3.8, 4) is 0 Å². The van der Waals surface area contributed by atoms with E-state index < -0.39 is 11.2 Å². The van der Waals surface area contributed by atoms with E-state index in [2.05, 4.69) is 20.5 Å². The zero-order valence-electron chi connectivity index (χ0n) is 13.1. The third-order valence-corrected chi connectivity index (χ3v) is 3.70. The molecule has 0 aliphatic heterocycles. The minimum absolute atomic E-state index is 0.0627. The minimum atomic E-state index is -0.561. The Morgan fingerprint density at radius 2 is 1.88 bits per heavy atom. The zero-order valence-corrected chi connectivity index (χ0v) is 13.1. The Hall–Kier alpha value is -3.49. The second-order valence-corrected chi connectivity index (χ2v) is 5.38. The van der Waals surface area contributed by atoms with Gasteiger partial charge in [-0.2, -0.15) is 5.10 Å². The van der Waals surface area contributed by atoms with Crippen molar-refractivity contribution in [2.24, 2.45) is 0 Å². The van der Waals surface area contributed by atoms with E-state index in [1.807, 2.05) is 0 Å². The van der Waals surface area contributed by atoms with E-state index in [-0.39, 0.29) is 31.0 Å². The molecule has 3 N–H and O–H groups in total. The van der Waals surface area contributed by atoms with Crippen molar-refractivity contribution >= 4 is 16.7 Å². The topological polar surface area (TPSA) is 130 Å². The lowest BCUT2D eigenvalue weighted by atomic mass is 10.1. The van der Waals surface area contributed by atoms with Crippen LogP contribution < -0.4 is 22.1 Å². The van der Waals surface area contributed by atoms with Crippen LogP contribution >= 0.6 is 0 Å². The molecule has 1 amide bonds. The summed E-state index contributed by atoms with van der Waals surface area (Å²) in [6, 6.07) is 8.21. The highest BCUT2D eigenvalue weighted by Crippen LogP contribution is 2.11. The lowest BCUT2D eigenvalue weighted by Crippen LogP contribution is -2.31. The van der Waals surface area contributed by atoms with Crippen LogP contribution in [0, 0.1) is 0 Å². The van der Waals surface area contributed by atoms with Crippen LogP contribution in [0.15, 0.2) is 50.9 Å². The summed E-state index contributed by atoms with van der Waals surface area (Å²) in [5.41, 5.74) is -0.789. The predicted molar refractivity (Wildman–Crippen MR) is 90.2 cm³/mol. The number of H-pyrrole nitrogens is 2. The quantitative estimate of drug-likeness (QED) is 0.575. The van der Waals surface area contributed by atoms with Crippen LogP contribution in [0.1, 0.15) is 12.1 Å². The third kappa shape index (κ3) is 3.71. The van der Waals surface area contributed by atoms with Crippen molar-refractivity contribution in [3.05, 3.63) is 73.4 Å². The van der Waals surface area contributed by atoms with Crippen LogP contribution in [0.3, 0.4) is 0 Å². The molecule has 3 rings (SSSR count). The molecule has 0 unspecified atom stereocenters. The highest BCUT2D eigenvalue weighted by molar-refractivity contribution is 5.84. The van der Waals surface area contributed by atoms with Gasteiger partial charge in [0.05, 0.1) is 17.6 Å². The Labute approximate surface area is 140 Å². The van der Waals surface area contributed by atoms with Gasteiger partial charge in [0.1, 0.15) is 0 Å². The number of aromatic amines is 2. The summed E-state index contributed by atoms with van der Waals surface area (Å²) in [7, 11) is 0. The van der Waals surface area contributed by atoms with Crippen LogP contribution in [0.25, 0.3) is 10.8 Å². The molecule has 0 aliphatic carbocycles. The second kappa shape index (κ2) is 6.95. The Balaban J connectivity index is 1.65. The van der Waals surface area contributed by atoms with Crippen LogP contribution in [0.4, 0.5) is 0 Å². The van der Waals surface area contributed by atoms with E-state index in [9.17, 15) is 19.2 Å². The Morgan fingerprint density at radius 3 is 2.64 bits per heavy atom. The molecule has 9 nitrogen and oxygen atoms in total. The van der Waals surface area contributed by atoms with E-state index >= 15 is 0 Å². The van der Waals surface area contributed by atoms with Crippen molar-refractivity contribution in [2.45, 2.75) is 19.5 Å². The number of amides is 1. The SMILES string of the molecule is O=C(CCn1ccc(=O)[nH]c1=O)NCc1n[nH]c(=O)c2ccccc12. The molecule has 0 spiro atoms. The van der Waals surface area contributed by atoms with Crippen molar-refractivity contribution < 1.29 is 4.79 Å². The molecule has 0 bridgehead atoms. The highest BCUT2D eigenvalue weighted by Gasteiger charge is 2.08. The average Bonchev–Trinajstić information content (AvgIpc) is 2.61. The van der Waals surface area contributed by atoms with Gasteiger partial charge in [0.25, 0.3) is 11.1 Å². The summed E-state index contributed by atoms with van der Waals surface area (Å²) in [4.78, 5) is 48.3. The standard InChI is InChI=1S/C16H15N5O4/c22-13(5-7-21-8-6-14(23)18-16(21)25)17-9-12-10-3-1-2-4-11(10)15(24)20-19-12/h1-4,6,8H,5,7,9H2,(H,17,22)(H,20,24)(H,18,23,25). The number of rotatable bonds is 5. The molecular formula is C16H15N5O4. The number of aromatic nitrogens is 4. The maximum absolute atomic E-state index is 12.0. The van der Waals surface area contributed by atoms with Gasteiger partial charge in [0.2, 0.25) is 5.91 Å². The zero-order chi connectivity index (χ0) is 17.8. The number of nitrogens with one attached hydrogen (secondary N) is 3. The van der Waals surface area contributed by atoms with Gasteiger partial charge >= 0.3 is 5.69 Å². The van der Waals surface area contributed by atoms with Gasteiger partial charge in [0.15, 0.2) is 0 Å². The first-order valence-electron chi connectivity index (χ1n) is 7.57. The van der Waals surface area contributed by atoms with E-state index in [0.717, 1.165) is 0 Å². The van der Waals surface area contributed by atoms with E-state index in [4.69, 9.17) is 0 Å². The molecule has 2 heterocycles. The summed E-state index contributed by atoms with van der Waals surface area (Å²) >= 11 is 0. The van der Waals surface area contributed by atoms with Gasteiger partial charge < -0.3 is 9.88 Å². The first-order valence-corrected chi connectivity index (χ1v) is 7.57. The molecule has 0 radical (unpaired) electrons. The van der Waals surface area contributed by atoms with Gasteiger partial charge in [-0.05, 0) is 6.07 Å². The Kier molecular flexibility index (Phi) is 4.55. The molecule has 0 aliphatic rings. The van der Waals surface area contributed by atoms with Crippen molar-refractivity contribution in [1.82, 2.24) is 25.1 Å². The number of nitrogens with zero attached hydrogens (tertiary/aromatic N) is 2. The largest absolute Gasteiger partial charge is 0.350 e. The second-order valence-electron chi connectivity index (χ2n) is 5.38. The molecule has 0 saturated heterocycles. The number of carbonyl (C=O) groups is 1. The van der Waals surface area contributed by atoms with E-state index in [1.54, 1.807) is 24.3 Å². The maximum atomic E-state index is 12.0. The van der Waals surface area contributed by atoms with Gasteiger partial charge in [-0.1, -0.05) is 18.2 Å². The number of benzene rings is 1. The molecular weight excluding hydrogens is 326 g/mol. The molecule has 1 aromatic carbocycles. The summed E-state index contributed by atoms with van der Waals surface area (Å²) in [6.45, 7) is 0.290. The molecule has 0 atom stereocenters. The predicted octanol–water partition coefficient (Wildman–Crippen LogP) is -0.520. The van der Waals surface area contributed by atoms with Crippen LogP contribution in [-0.2, 0) is 17.9 Å². The fourth-order valence-corrected chi connectivity index (χ4v) is 2.42. The first kappa shape index (κ1) is 16.4. The highest BCUT2D eigenvalue weighted by atomic mass is 16.2. The number of carbonyl (C=O) groups excluding carboxylic acids is 1. The lowest BCUT2D eigenvalue weighted by Gasteiger charge is -2.08. The van der Waals surface area contributed by atoms with Crippen LogP contribution in [-0.4, -0.2) is 25.7 Å². The lowest BCUT2D eigenvalue weighted by molar-refractivity contribution is -0.121. The molecule has 9 heteroatoms. The van der Waals surface area contributed by atoms with Crippen LogP contribution in [0.2, 0.25) is 0 Å². The van der Waals surface area contributed by atoms with Gasteiger partial charge in [-0.3, -0.25) is 19.4 Å². The van der Waals surface area contributed by atoms with Gasteiger partial charge in [0, 0.05) is 30.6 Å². The summed E-state index contributed by atoms with van der Waals surface area (Å²) in [6.07, 6.45) is 1.40. The monoisotopic (exact) mass is 341 g/mol. The van der Waals surface area contributed by atoms with E-state index in [0.29, 0.717) is 16.5 Å². The number of aryl methyl sites for hydroxylation is 1. The molecule has 3 aromatic rings. The first-order chi connectivity index (χ1) is 12.0. The molecule has 0 fully saturated rings. The molecule has 0 saturated carbocycles. The Morgan fingerprint density at radius 1 is 1.12 bits per heavy atom. The van der Waals surface area contributed by atoms with Crippen molar-refractivity contribution in [3.63, 3.8) is 0 Å². The number of hydrogen-bond donors (Lipinski definition) is 3. The van der Waals surface area contributed by atoms with Crippen molar-refractivity contribution in [1.29, 1.82) is 0 Å². The molecule has 128 valence electrons. The molecule has 25 heavy (non-hydrogen) atoms. The normalized spacial score (nSPS) is 10.7. The van der Waals surface area contributed by atoms with Crippen molar-refractivity contribution in [2.75, 3.05) is 0 Å². The minimum Gasteiger partial charge on any atom is -0.350 e. The maximum Gasteiger partial charge on any atom is 0.328 e. The van der Waals surface area contributed by atoms with Crippen LogP contribution in [0.5, 0.6) is 0 Å². The third-order valence-electron chi connectivity index (χ3n) is 3.70. The summed E-state index contributed by atoms with van der Waals surface area (Å²) in [5.74, 6) is -0.282. The Bertz CT molecular complexity index is 1100. The van der Waals surface area contributed by atoms with E-state index in [1.165, 1.54) is 16.8 Å². The smallest absolute Gasteiger partial charge is 0.328 e. The number of hydrogen-bond acceptors (Lipinski definition) is 5. The van der Waals surface area contributed by atoms with Gasteiger partial charge in [-0.15, -0.1) is 0 Å².